The predicted molar refractivity (Wildman–Crippen MR) is 129 cm³/mol. The van der Waals surface area contributed by atoms with E-state index in [1.165, 1.54) is 0 Å². The highest BCUT2D eigenvalue weighted by Crippen LogP contribution is 2.31. The second kappa shape index (κ2) is 8.53. The second-order valence-corrected chi connectivity index (χ2v) is 11.1. The summed E-state index contributed by atoms with van der Waals surface area (Å²) in [6.45, 7) is 1.94. The molecule has 1 fully saturated rings. The number of aryl methyl sites for hydroxylation is 1. The van der Waals surface area contributed by atoms with Crippen molar-refractivity contribution in [3.63, 3.8) is 0 Å². The summed E-state index contributed by atoms with van der Waals surface area (Å²) in [6, 6.07) is 8.87. The Labute approximate surface area is 196 Å². The number of nitrogens with two attached hydrogens (primary N) is 1. The number of nitrogens with one attached hydrogen (secondary N) is 1. The number of imidazole rings is 1. The van der Waals surface area contributed by atoms with Crippen molar-refractivity contribution in [2.45, 2.75) is 49.6 Å². The molecular weight excluding hydrogens is 458 g/mol. The number of aliphatic hydroxyl groups is 1. The van der Waals surface area contributed by atoms with Crippen LogP contribution in [0.15, 0.2) is 53.0 Å². The fourth-order valence-corrected chi connectivity index (χ4v) is 6.29. The lowest BCUT2D eigenvalue weighted by atomic mass is 9.94. The van der Waals surface area contributed by atoms with Crippen LogP contribution in [0.4, 0.5) is 5.82 Å². The van der Waals surface area contributed by atoms with Gasteiger partial charge in [-0.3, -0.25) is 4.40 Å². The van der Waals surface area contributed by atoms with Gasteiger partial charge in [0, 0.05) is 17.8 Å². The molecule has 1 aliphatic carbocycles. The van der Waals surface area contributed by atoms with E-state index < -0.39 is 10.0 Å². The standard InChI is InChI=1S/C23H25N5O3S2/c1-14-4-9-17(33(30,31)27-15-5-7-16(29)8-6-15)11-18(14)20-12-25-23-22(24)26-19(13-28(20)23)21-3-2-10-32-21/h2-4,9-13,15-16,27,29H,5-8H2,1H3,(H2,24,26). The van der Waals surface area contributed by atoms with Crippen LogP contribution in [0.25, 0.3) is 27.5 Å². The van der Waals surface area contributed by atoms with Gasteiger partial charge in [-0.2, -0.15) is 0 Å². The van der Waals surface area contributed by atoms with Crippen LogP contribution in [-0.2, 0) is 10.0 Å². The summed E-state index contributed by atoms with van der Waals surface area (Å²) in [5.74, 6) is 0.315. The maximum atomic E-state index is 13.1. The summed E-state index contributed by atoms with van der Waals surface area (Å²) < 4.78 is 30.9. The van der Waals surface area contributed by atoms with Crippen LogP contribution < -0.4 is 10.5 Å². The van der Waals surface area contributed by atoms with E-state index in [1.54, 1.807) is 35.7 Å². The quantitative estimate of drug-likeness (QED) is 0.399. The first-order valence-corrected chi connectivity index (χ1v) is 13.2. The minimum Gasteiger partial charge on any atom is -0.393 e. The van der Waals surface area contributed by atoms with E-state index in [4.69, 9.17) is 5.73 Å². The first-order valence-electron chi connectivity index (χ1n) is 10.8. The highest BCUT2D eigenvalue weighted by molar-refractivity contribution is 7.89. The van der Waals surface area contributed by atoms with Gasteiger partial charge in [0.2, 0.25) is 10.0 Å². The van der Waals surface area contributed by atoms with Crippen LogP contribution in [0.5, 0.6) is 0 Å². The molecule has 0 bridgehead atoms. The summed E-state index contributed by atoms with van der Waals surface area (Å²) >= 11 is 1.57. The molecule has 33 heavy (non-hydrogen) atoms. The number of hydrogen-bond donors (Lipinski definition) is 3. The third-order valence-corrected chi connectivity index (χ3v) is 8.52. The molecule has 10 heteroatoms. The molecule has 4 aromatic rings. The largest absolute Gasteiger partial charge is 0.393 e. The maximum absolute atomic E-state index is 13.1. The number of fused-ring (bicyclic) bond motifs is 1. The van der Waals surface area contributed by atoms with Gasteiger partial charge >= 0.3 is 0 Å². The lowest BCUT2D eigenvalue weighted by molar-refractivity contribution is 0.120. The van der Waals surface area contributed by atoms with Crippen LogP contribution in [-0.4, -0.2) is 40.0 Å². The van der Waals surface area contributed by atoms with Crippen LogP contribution in [0, 0.1) is 6.92 Å². The van der Waals surface area contributed by atoms with Gasteiger partial charge in [0.05, 0.1) is 33.5 Å². The number of thiophene rings is 1. The molecular formula is C23H25N5O3S2. The second-order valence-electron chi connectivity index (χ2n) is 8.43. The van der Waals surface area contributed by atoms with Crippen molar-refractivity contribution in [3.05, 3.63) is 53.7 Å². The van der Waals surface area contributed by atoms with Gasteiger partial charge in [-0.1, -0.05) is 12.1 Å². The number of nitrogens with zero attached hydrogens (tertiary/aromatic N) is 3. The van der Waals surface area contributed by atoms with Gasteiger partial charge in [-0.15, -0.1) is 11.3 Å². The smallest absolute Gasteiger partial charge is 0.240 e. The molecule has 0 amide bonds. The molecule has 5 rings (SSSR count). The summed E-state index contributed by atoms with van der Waals surface area (Å²) in [5.41, 5.74) is 9.87. The SMILES string of the molecule is Cc1ccc(S(=O)(=O)NC2CCC(O)CC2)cc1-c1cnc2c(N)nc(-c3cccs3)cn12. The Morgan fingerprint density at radius 3 is 2.73 bits per heavy atom. The minimum absolute atomic E-state index is 0.168. The van der Waals surface area contributed by atoms with E-state index in [9.17, 15) is 13.5 Å². The van der Waals surface area contributed by atoms with Crippen LogP contribution >= 0.6 is 11.3 Å². The van der Waals surface area contributed by atoms with E-state index >= 15 is 0 Å². The molecule has 3 aromatic heterocycles. The van der Waals surface area contributed by atoms with Crippen molar-refractivity contribution >= 4 is 32.8 Å². The molecule has 1 aliphatic rings. The molecule has 0 spiro atoms. The third kappa shape index (κ3) is 4.26. The maximum Gasteiger partial charge on any atom is 0.240 e. The molecule has 8 nitrogen and oxygen atoms in total. The monoisotopic (exact) mass is 483 g/mol. The first kappa shape index (κ1) is 22.0. The number of benzene rings is 1. The summed E-state index contributed by atoms with van der Waals surface area (Å²) in [6.07, 6.45) is 5.71. The van der Waals surface area contributed by atoms with Crippen molar-refractivity contribution in [2.24, 2.45) is 0 Å². The zero-order chi connectivity index (χ0) is 23.2. The predicted octanol–water partition coefficient (Wildman–Crippen LogP) is 3.60. The Morgan fingerprint density at radius 2 is 2.00 bits per heavy atom. The van der Waals surface area contributed by atoms with Crippen molar-refractivity contribution in [1.29, 1.82) is 0 Å². The molecule has 0 unspecified atom stereocenters. The van der Waals surface area contributed by atoms with Gasteiger partial charge in [-0.05, 0) is 61.7 Å². The van der Waals surface area contributed by atoms with Gasteiger partial charge in [-0.25, -0.2) is 23.1 Å². The Bertz CT molecular complexity index is 1410. The van der Waals surface area contributed by atoms with Crippen molar-refractivity contribution < 1.29 is 13.5 Å². The topological polar surface area (TPSA) is 123 Å². The van der Waals surface area contributed by atoms with Crippen LogP contribution in [0.2, 0.25) is 0 Å². The average molecular weight is 484 g/mol. The molecule has 4 N–H and O–H groups in total. The molecule has 1 saturated carbocycles. The fraction of sp³-hybridized carbons (Fsp3) is 0.304. The summed E-state index contributed by atoms with van der Waals surface area (Å²) in [7, 11) is -3.71. The van der Waals surface area contributed by atoms with Gasteiger partial charge < -0.3 is 10.8 Å². The number of aromatic nitrogens is 3. The minimum atomic E-state index is -3.71. The Kier molecular flexibility index (Phi) is 5.69. The van der Waals surface area contributed by atoms with Gasteiger partial charge in [0.15, 0.2) is 11.5 Å². The highest BCUT2D eigenvalue weighted by Gasteiger charge is 2.25. The third-order valence-electron chi connectivity index (χ3n) is 6.11. The zero-order valence-corrected chi connectivity index (χ0v) is 19.7. The van der Waals surface area contributed by atoms with Crippen molar-refractivity contribution in [1.82, 2.24) is 19.1 Å². The Balaban J connectivity index is 1.54. The van der Waals surface area contributed by atoms with E-state index in [2.05, 4.69) is 14.7 Å². The molecule has 0 radical (unpaired) electrons. The van der Waals surface area contributed by atoms with E-state index in [0.717, 1.165) is 27.4 Å². The first-order chi connectivity index (χ1) is 15.8. The number of anilines is 1. The average Bonchev–Trinajstić information content (AvgIpc) is 3.46. The number of aliphatic hydroxyl groups excluding tert-OH is 1. The molecule has 1 aromatic carbocycles. The van der Waals surface area contributed by atoms with Crippen LogP contribution in [0.3, 0.4) is 0 Å². The number of rotatable bonds is 5. The molecule has 0 aliphatic heterocycles. The van der Waals surface area contributed by atoms with E-state index in [1.807, 2.05) is 35.0 Å². The Hall–Kier alpha value is -2.79. The van der Waals surface area contributed by atoms with Crippen molar-refractivity contribution in [2.75, 3.05) is 5.73 Å². The summed E-state index contributed by atoms with van der Waals surface area (Å²) in [4.78, 5) is 10.1. The molecule has 0 saturated heterocycles. The van der Waals surface area contributed by atoms with E-state index in [-0.39, 0.29) is 17.0 Å². The van der Waals surface area contributed by atoms with Gasteiger partial charge in [0.1, 0.15) is 0 Å². The Morgan fingerprint density at radius 1 is 1.21 bits per heavy atom. The molecule has 172 valence electrons. The lowest BCUT2D eigenvalue weighted by Crippen LogP contribution is -2.38. The number of hydrogen-bond acceptors (Lipinski definition) is 7. The van der Waals surface area contributed by atoms with E-state index in [0.29, 0.717) is 37.1 Å². The fourth-order valence-electron chi connectivity index (χ4n) is 4.28. The molecule has 0 atom stereocenters. The summed E-state index contributed by atoms with van der Waals surface area (Å²) in [5, 5.41) is 11.7. The number of sulfonamides is 1. The normalized spacial score (nSPS) is 19.2. The van der Waals surface area contributed by atoms with Crippen LogP contribution in [0.1, 0.15) is 31.2 Å². The molecule has 3 heterocycles. The van der Waals surface area contributed by atoms with Gasteiger partial charge in [0.25, 0.3) is 0 Å². The zero-order valence-electron chi connectivity index (χ0n) is 18.1. The van der Waals surface area contributed by atoms with Crippen molar-refractivity contribution in [3.8, 4) is 21.8 Å². The highest BCUT2D eigenvalue weighted by atomic mass is 32.2. The lowest BCUT2D eigenvalue weighted by Gasteiger charge is -2.26. The number of nitrogen functional groups attached to an aromatic ring is 1.